The van der Waals surface area contributed by atoms with Crippen molar-refractivity contribution in [2.24, 2.45) is 11.8 Å². The molecule has 0 unspecified atom stereocenters. The predicted molar refractivity (Wildman–Crippen MR) is 197 cm³/mol. The number of imidazole rings is 2. The van der Waals surface area contributed by atoms with Crippen molar-refractivity contribution in [3.63, 3.8) is 0 Å². The number of H-pyrrole nitrogens is 2. The number of fused-ring (bicyclic) bond motifs is 1. The summed E-state index contributed by atoms with van der Waals surface area (Å²) >= 11 is 0. The van der Waals surface area contributed by atoms with Gasteiger partial charge in [-0.1, -0.05) is 65.0 Å². The molecule has 0 radical (unpaired) electrons. The Kier molecular flexibility index (Phi) is 12.2. The van der Waals surface area contributed by atoms with Gasteiger partial charge >= 0.3 is 12.2 Å². The Hall–Kier alpha value is -5.40. The van der Waals surface area contributed by atoms with Crippen LogP contribution >= 0.6 is 0 Å². The molecule has 3 heterocycles. The number of nitrogens with one attached hydrogen (secondary N) is 4. The fourth-order valence-corrected chi connectivity index (χ4v) is 6.61. The van der Waals surface area contributed by atoms with Gasteiger partial charge in [0.05, 0.1) is 49.7 Å². The fourth-order valence-electron chi connectivity index (χ4n) is 6.61. The molecule has 1 aliphatic heterocycles. The lowest BCUT2D eigenvalue weighted by molar-refractivity contribution is -0.136. The molecule has 1 saturated heterocycles. The van der Waals surface area contributed by atoms with Gasteiger partial charge in [0.25, 0.3) is 0 Å². The van der Waals surface area contributed by atoms with E-state index in [0.717, 1.165) is 58.5 Å². The average molecular weight is 715 g/mol. The molecule has 2 aromatic heterocycles. The Morgan fingerprint density at radius 1 is 0.904 bits per heavy atom. The van der Waals surface area contributed by atoms with E-state index in [-0.39, 0.29) is 36.2 Å². The van der Waals surface area contributed by atoms with Crippen LogP contribution in [0.3, 0.4) is 0 Å². The summed E-state index contributed by atoms with van der Waals surface area (Å²) in [5, 5.41) is 5.36. The van der Waals surface area contributed by atoms with E-state index < -0.39 is 24.3 Å². The zero-order valence-electron chi connectivity index (χ0n) is 31.0. The number of alkyl carbamates (subject to hydrolysis) is 2. The molecule has 0 aliphatic carbocycles. The van der Waals surface area contributed by atoms with E-state index in [9.17, 15) is 19.2 Å². The first-order chi connectivity index (χ1) is 24.9. The monoisotopic (exact) mass is 714 g/mol. The number of methoxy groups -OCH3 is 2. The molecule has 0 bridgehead atoms. The highest BCUT2D eigenvalue weighted by molar-refractivity contribution is 5.87. The molecule has 4 aromatic rings. The van der Waals surface area contributed by atoms with Gasteiger partial charge in [0.2, 0.25) is 11.8 Å². The van der Waals surface area contributed by atoms with E-state index in [1.807, 2.05) is 75.9 Å². The molecule has 3 atom stereocenters. The number of likely N-dealkylation sites (tertiary alicyclic amines) is 1. The predicted octanol–water partition coefficient (Wildman–Crippen LogP) is 5.78. The van der Waals surface area contributed by atoms with E-state index in [2.05, 4.69) is 31.7 Å². The van der Waals surface area contributed by atoms with Crippen LogP contribution in [0.25, 0.3) is 33.4 Å². The lowest BCUT2D eigenvalue weighted by Crippen LogP contribution is -2.51. The lowest BCUT2D eigenvalue weighted by Gasteiger charge is -2.29. The van der Waals surface area contributed by atoms with Gasteiger partial charge in [0, 0.05) is 13.1 Å². The quantitative estimate of drug-likeness (QED) is 0.135. The molecular formula is C38H50N8O6. The van der Waals surface area contributed by atoms with Crippen LogP contribution in [0.5, 0.6) is 0 Å². The summed E-state index contributed by atoms with van der Waals surface area (Å²) in [4.78, 5) is 70.6. The van der Waals surface area contributed by atoms with Crippen molar-refractivity contribution in [3.05, 3.63) is 60.3 Å². The molecule has 4 N–H and O–H groups in total. The normalized spacial score (nSPS) is 15.5. The third kappa shape index (κ3) is 8.55. The van der Waals surface area contributed by atoms with Gasteiger partial charge in [0.1, 0.15) is 23.7 Å². The number of amides is 4. The number of carbonyl (C=O) groups excluding carboxylic acids is 4. The first-order valence-electron chi connectivity index (χ1n) is 17.9. The van der Waals surface area contributed by atoms with Crippen LogP contribution in [0.2, 0.25) is 0 Å². The summed E-state index contributed by atoms with van der Waals surface area (Å²) in [5.41, 5.74) is 5.48. The number of rotatable bonds is 13. The Balaban J connectivity index is 1.29. The lowest BCUT2D eigenvalue weighted by atomic mass is 10.0. The standard InChI is InChI=1S/C38H50N8O6/c1-8-17-45(35(47)32(22(2)3)43-37(49)51-6)21-31-39-20-29(40-31)25-13-11-24(12-14-25)26-15-16-27-28(19-26)42-34(41-27)30-10-9-18-46(30)36(48)33(23(4)5)44-38(50)52-7/h11-16,19-20,22-23,30,32-33H,8-10,17-18,21H2,1-7H3,(H,39,40)(H,41,42)(H,43,49)(H,44,50)/t30-,32-,33-/m0/s1. The number of aromatic amines is 2. The molecule has 2 aromatic carbocycles. The highest BCUT2D eigenvalue weighted by atomic mass is 16.5. The molecule has 278 valence electrons. The summed E-state index contributed by atoms with van der Waals surface area (Å²) in [6.07, 6.45) is 2.86. The zero-order valence-corrected chi connectivity index (χ0v) is 31.0. The third-order valence-electron chi connectivity index (χ3n) is 9.44. The van der Waals surface area contributed by atoms with Gasteiger partial charge < -0.3 is 39.9 Å². The Labute approximate surface area is 304 Å². The molecule has 4 amide bonds. The Bertz CT molecular complexity index is 1870. The largest absolute Gasteiger partial charge is 0.453 e. The van der Waals surface area contributed by atoms with Gasteiger partial charge in [-0.2, -0.15) is 0 Å². The van der Waals surface area contributed by atoms with Crippen LogP contribution in [0.15, 0.2) is 48.7 Å². The molecular weight excluding hydrogens is 664 g/mol. The molecule has 52 heavy (non-hydrogen) atoms. The van der Waals surface area contributed by atoms with E-state index in [1.165, 1.54) is 14.2 Å². The van der Waals surface area contributed by atoms with Gasteiger partial charge in [-0.3, -0.25) is 9.59 Å². The number of hydrogen-bond acceptors (Lipinski definition) is 8. The van der Waals surface area contributed by atoms with Crippen molar-refractivity contribution in [3.8, 4) is 22.4 Å². The molecule has 1 fully saturated rings. The first kappa shape index (κ1) is 37.8. The molecule has 14 nitrogen and oxygen atoms in total. The number of benzene rings is 2. The summed E-state index contributed by atoms with van der Waals surface area (Å²) in [7, 11) is 2.56. The van der Waals surface area contributed by atoms with Crippen LogP contribution < -0.4 is 10.6 Å². The zero-order chi connectivity index (χ0) is 37.5. The summed E-state index contributed by atoms with van der Waals surface area (Å²) < 4.78 is 9.49. The van der Waals surface area contributed by atoms with E-state index >= 15 is 0 Å². The summed E-state index contributed by atoms with van der Waals surface area (Å²) in [6, 6.07) is 12.6. The van der Waals surface area contributed by atoms with Gasteiger partial charge in [-0.15, -0.1) is 0 Å². The minimum atomic E-state index is -0.713. The SMILES string of the molecule is CCCN(Cc1ncc(-c2ccc(-c3ccc4nc([C@@H]5CCCN5C(=O)[C@@H](NC(=O)OC)C(C)C)[nH]c4c3)cc2)[nH]1)C(=O)[C@@H](NC(=O)OC)C(C)C. The Morgan fingerprint density at radius 2 is 1.54 bits per heavy atom. The smallest absolute Gasteiger partial charge is 0.407 e. The van der Waals surface area contributed by atoms with Crippen LogP contribution in [0.4, 0.5) is 9.59 Å². The summed E-state index contributed by atoms with van der Waals surface area (Å²) in [6.45, 7) is 10.9. The van der Waals surface area contributed by atoms with E-state index in [1.54, 1.807) is 11.1 Å². The molecule has 14 heteroatoms. The van der Waals surface area contributed by atoms with E-state index in [4.69, 9.17) is 14.5 Å². The van der Waals surface area contributed by atoms with Crippen molar-refractivity contribution in [2.45, 2.75) is 78.6 Å². The molecule has 5 rings (SSSR count). The highest BCUT2D eigenvalue weighted by Crippen LogP contribution is 2.34. The first-order valence-corrected chi connectivity index (χ1v) is 17.9. The molecule has 0 spiro atoms. The average Bonchev–Trinajstić information content (AvgIpc) is 3.91. The molecule has 0 saturated carbocycles. The summed E-state index contributed by atoms with van der Waals surface area (Å²) in [5.74, 6) is 0.800. The number of carbonyl (C=O) groups is 4. The second-order valence-corrected chi connectivity index (χ2v) is 13.8. The topological polar surface area (TPSA) is 175 Å². The third-order valence-corrected chi connectivity index (χ3v) is 9.44. The van der Waals surface area contributed by atoms with Crippen LogP contribution in [0, 0.1) is 11.8 Å². The second kappa shape index (κ2) is 16.7. The van der Waals surface area contributed by atoms with Gasteiger partial charge in [-0.05, 0) is 59.9 Å². The van der Waals surface area contributed by atoms with Gasteiger partial charge in [-0.25, -0.2) is 19.6 Å². The van der Waals surface area contributed by atoms with Crippen LogP contribution in [-0.2, 0) is 25.6 Å². The van der Waals surface area contributed by atoms with Crippen molar-refractivity contribution < 1.29 is 28.7 Å². The number of aromatic nitrogens is 4. The fraction of sp³-hybridized carbons (Fsp3) is 0.474. The molecule has 1 aliphatic rings. The minimum Gasteiger partial charge on any atom is -0.453 e. The Morgan fingerprint density at radius 3 is 2.17 bits per heavy atom. The number of nitrogens with zero attached hydrogens (tertiary/aromatic N) is 4. The van der Waals surface area contributed by atoms with Crippen molar-refractivity contribution in [1.29, 1.82) is 0 Å². The maximum atomic E-state index is 13.6. The highest BCUT2D eigenvalue weighted by Gasteiger charge is 2.37. The second-order valence-electron chi connectivity index (χ2n) is 13.8. The number of hydrogen-bond donors (Lipinski definition) is 4. The van der Waals surface area contributed by atoms with Crippen LogP contribution in [0.1, 0.15) is 71.6 Å². The van der Waals surface area contributed by atoms with Crippen LogP contribution in [-0.4, -0.2) is 93.1 Å². The maximum Gasteiger partial charge on any atom is 0.407 e. The van der Waals surface area contributed by atoms with Crippen molar-refractivity contribution >= 4 is 35.0 Å². The van der Waals surface area contributed by atoms with E-state index in [0.29, 0.717) is 18.9 Å². The van der Waals surface area contributed by atoms with Crippen molar-refractivity contribution in [1.82, 2.24) is 40.4 Å². The maximum absolute atomic E-state index is 13.6. The van der Waals surface area contributed by atoms with Gasteiger partial charge in [0.15, 0.2) is 0 Å². The van der Waals surface area contributed by atoms with Crippen molar-refractivity contribution in [2.75, 3.05) is 27.3 Å². The number of ether oxygens (including phenoxy) is 2. The minimum absolute atomic E-state index is 0.111.